The number of aromatic nitrogens is 5. The molecule has 0 spiro atoms. The molecule has 4 rings (SSSR count). The predicted octanol–water partition coefficient (Wildman–Crippen LogP) is 2.87. The Morgan fingerprint density at radius 1 is 1.35 bits per heavy atom. The Hall–Kier alpha value is -3.36. The minimum atomic E-state index is -1.12. The largest absolute Gasteiger partial charge is 0.491 e. The summed E-state index contributed by atoms with van der Waals surface area (Å²) in [7, 11) is 0. The van der Waals surface area contributed by atoms with Crippen LogP contribution < -0.4 is 10.1 Å². The highest BCUT2D eigenvalue weighted by molar-refractivity contribution is 5.84. The fourth-order valence-corrected chi connectivity index (χ4v) is 3.00. The number of fused-ring (bicyclic) bond motifs is 3. The van der Waals surface area contributed by atoms with E-state index in [4.69, 9.17) is 14.8 Å². The van der Waals surface area contributed by atoms with Crippen LogP contribution in [0.15, 0.2) is 30.7 Å². The van der Waals surface area contributed by atoms with Crippen LogP contribution in [0.3, 0.4) is 0 Å². The van der Waals surface area contributed by atoms with Gasteiger partial charge in [0.15, 0.2) is 5.82 Å². The van der Waals surface area contributed by atoms with Gasteiger partial charge in [0.1, 0.15) is 30.2 Å². The number of carboxylic acid groups (broad SMARTS) is 1. The van der Waals surface area contributed by atoms with Gasteiger partial charge in [0.05, 0.1) is 12.1 Å². The molecule has 2 N–H and O–H groups in total. The van der Waals surface area contributed by atoms with Gasteiger partial charge in [0, 0.05) is 24.0 Å². The third kappa shape index (κ3) is 2.77. The van der Waals surface area contributed by atoms with Crippen molar-refractivity contribution in [1.82, 2.24) is 24.3 Å². The lowest BCUT2D eigenvalue weighted by atomic mass is 10.1. The van der Waals surface area contributed by atoms with Crippen molar-refractivity contribution < 1.29 is 14.6 Å². The van der Waals surface area contributed by atoms with Crippen molar-refractivity contribution in [3.05, 3.63) is 30.7 Å². The molecule has 0 saturated heterocycles. The Labute approximate surface area is 149 Å². The molecule has 0 unspecified atom stereocenters. The molecular formula is C17H18N6O3. The van der Waals surface area contributed by atoms with Crippen LogP contribution in [0.4, 0.5) is 10.5 Å². The summed E-state index contributed by atoms with van der Waals surface area (Å²) < 4.78 is 9.63. The number of hydrogen-bond acceptors (Lipinski definition) is 5. The van der Waals surface area contributed by atoms with Crippen LogP contribution in [-0.4, -0.2) is 42.1 Å². The van der Waals surface area contributed by atoms with Crippen LogP contribution in [0.2, 0.25) is 0 Å². The van der Waals surface area contributed by atoms with Crippen LogP contribution in [0.5, 0.6) is 5.75 Å². The highest BCUT2D eigenvalue weighted by Crippen LogP contribution is 2.35. The Balaban J connectivity index is 1.78. The van der Waals surface area contributed by atoms with Crippen LogP contribution in [0, 0.1) is 0 Å². The van der Waals surface area contributed by atoms with E-state index in [9.17, 15) is 4.79 Å². The number of anilines is 1. The number of ether oxygens (including phenoxy) is 1. The van der Waals surface area contributed by atoms with Crippen LogP contribution in [0.1, 0.15) is 19.9 Å². The van der Waals surface area contributed by atoms with Gasteiger partial charge in [-0.05, 0) is 26.0 Å². The Kier molecular flexibility index (Phi) is 3.83. The van der Waals surface area contributed by atoms with Crippen LogP contribution in [0.25, 0.3) is 22.9 Å². The summed E-state index contributed by atoms with van der Waals surface area (Å²) in [6.07, 6.45) is 2.36. The van der Waals surface area contributed by atoms with Gasteiger partial charge >= 0.3 is 6.09 Å². The number of nitrogens with zero attached hydrogens (tertiary/aromatic N) is 5. The van der Waals surface area contributed by atoms with E-state index in [1.165, 1.54) is 6.33 Å². The minimum Gasteiger partial charge on any atom is -0.491 e. The molecule has 0 fully saturated rings. The Morgan fingerprint density at radius 2 is 2.19 bits per heavy atom. The molecule has 0 bridgehead atoms. The third-order valence-electron chi connectivity index (χ3n) is 4.13. The highest BCUT2D eigenvalue weighted by atomic mass is 16.5. The molecule has 1 aromatic carbocycles. The van der Waals surface area contributed by atoms with Crippen molar-refractivity contribution in [2.24, 2.45) is 0 Å². The molecule has 1 aliphatic rings. The first-order valence-electron chi connectivity index (χ1n) is 8.27. The summed E-state index contributed by atoms with van der Waals surface area (Å²) in [6.45, 7) is 5.18. The number of benzene rings is 1. The maximum Gasteiger partial charge on any atom is 0.409 e. The van der Waals surface area contributed by atoms with Gasteiger partial charge in [-0.1, -0.05) is 0 Å². The number of amides is 1. The molecule has 0 radical (unpaired) electrons. The number of imidazole rings is 1. The van der Waals surface area contributed by atoms with Crippen molar-refractivity contribution >= 4 is 11.8 Å². The summed E-state index contributed by atoms with van der Waals surface area (Å²) in [5, 5.41) is 15.5. The van der Waals surface area contributed by atoms with Crippen molar-refractivity contribution in [3.8, 4) is 28.7 Å². The second-order valence-electron chi connectivity index (χ2n) is 6.25. The van der Waals surface area contributed by atoms with Gasteiger partial charge in [0.2, 0.25) is 0 Å². The normalized spacial score (nSPS) is 12.9. The molecule has 3 heterocycles. The zero-order chi connectivity index (χ0) is 18.3. The fraction of sp³-hybridized carbons (Fsp3) is 0.294. The topological polar surface area (TPSA) is 107 Å². The SMILES string of the molecule is CC(C)n1ncnc1-c1cn2c(n1)-c1ccc(NC(=O)O)cc1OCC2. The second kappa shape index (κ2) is 6.17. The average molecular weight is 354 g/mol. The lowest BCUT2D eigenvalue weighted by Crippen LogP contribution is -2.07. The average Bonchev–Trinajstić information content (AvgIpc) is 3.18. The van der Waals surface area contributed by atoms with E-state index in [0.29, 0.717) is 30.4 Å². The molecule has 1 amide bonds. The number of carbonyl (C=O) groups is 1. The van der Waals surface area contributed by atoms with E-state index in [1.54, 1.807) is 12.1 Å². The highest BCUT2D eigenvalue weighted by Gasteiger charge is 2.22. The molecular weight excluding hydrogens is 336 g/mol. The molecule has 26 heavy (non-hydrogen) atoms. The van der Waals surface area contributed by atoms with Crippen molar-refractivity contribution in [1.29, 1.82) is 0 Å². The molecule has 0 atom stereocenters. The summed E-state index contributed by atoms with van der Waals surface area (Å²) in [5.74, 6) is 2.07. The number of rotatable bonds is 3. The standard InChI is InChI=1S/C17H18N6O3/c1-10(2)23-16(18-9-19-23)13-8-22-5-6-26-14-7-11(20-17(24)25)3-4-12(14)15(22)21-13/h3-4,7-10,20H,5-6H2,1-2H3,(H,24,25). The lowest BCUT2D eigenvalue weighted by Gasteiger charge is -2.09. The van der Waals surface area contributed by atoms with E-state index in [2.05, 4.69) is 15.4 Å². The molecule has 9 heteroatoms. The van der Waals surface area contributed by atoms with Gasteiger partial charge < -0.3 is 14.4 Å². The summed E-state index contributed by atoms with van der Waals surface area (Å²) in [4.78, 5) is 19.9. The first-order chi connectivity index (χ1) is 12.5. The Bertz CT molecular complexity index is 975. The van der Waals surface area contributed by atoms with E-state index >= 15 is 0 Å². The van der Waals surface area contributed by atoms with Crippen molar-refractivity contribution in [2.75, 3.05) is 11.9 Å². The monoisotopic (exact) mass is 354 g/mol. The zero-order valence-electron chi connectivity index (χ0n) is 14.4. The van der Waals surface area contributed by atoms with Gasteiger partial charge in [-0.3, -0.25) is 5.32 Å². The van der Waals surface area contributed by atoms with Gasteiger partial charge in [-0.2, -0.15) is 5.10 Å². The van der Waals surface area contributed by atoms with Gasteiger partial charge in [-0.25, -0.2) is 19.4 Å². The maximum absolute atomic E-state index is 10.8. The molecule has 134 valence electrons. The fourth-order valence-electron chi connectivity index (χ4n) is 3.00. The lowest BCUT2D eigenvalue weighted by molar-refractivity contribution is 0.209. The van der Waals surface area contributed by atoms with E-state index in [0.717, 1.165) is 17.1 Å². The molecule has 0 aliphatic carbocycles. The predicted molar refractivity (Wildman–Crippen MR) is 94.2 cm³/mol. The summed E-state index contributed by atoms with van der Waals surface area (Å²) in [6, 6.07) is 5.34. The van der Waals surface area contributed by atoms with Crippen LogP contribution in [-0.2, 0) is 6.54 Å². The quantitative estimate of drug-likeness (QED) is 0.749. The van der Waals surface area contributed by atoms with E-state index < -0.39 is 6.09 Å². The number of hydrogen-bond donors (Lipinski definition) is 2. The maximum atomic E-state index is 10.8. The van der Waals surface area contributed by atoms with Gasteiger partial charge in [0.25, 0.3) is 0 Å². The smallest absolute Gasteiger partial charge is 0.409 e. The second-order valence-corrected chi connectivity index (χ2v) is 6.25. The van der Waals surface area contributed by atoms with E-state index in [1.807, 2.05) is 35.4 Å². The van der Waals surface area contributed by atoms with E-state index in [-0.39, 0.29) is 6.04 Å². The van der Waals surface area contributed by atoms with Crippen LogP contribution >= 0.6 is 0 Å². The van der Waals surface area contributed by atoms with Crippen molar-refractivity contribution in [2.45, 2.75) is 26.4 Å². The van der Waals surface area contributed by atoms with Gasteiger partial charge in [-0.15, -0.1) is 0 Å². The number of nitrogens with one attached hydrogen (secondary N) is 1. The molecule has 0 saturated carbocycles. The molecule has 9 nitrogen and oxygen atoms in total. The molecule has 1 aliphatic heterocycles. The minimum absolute atomic E-state index is 0.175. The molecule has 2 aromatic heterocycles. The molecule has 3 aromatic rings. The summed E-state index contributed by atoms with van der Waals surface area (Å²) in [5.41, 5.74) is 2.00. The first-order valence-corrected chi connectivity index (χ1v) is 8.27. The Morgan fingerprint density at radius 3 is 2.96 bits per heavy atom. The summed E-state index contributed by atoms with van der Waals surface area (Å²) >= 11 is 0. The first kappa shape index (κ1) is 16.1. The zero-order valence-corrected chi connectivity index (χ0v) is 14.4. The van der Waals surface area contributed by atoms with Crippen molar-refractivity contribution in [3.63, 3.8) is 0 Å². The third-order valence-corrected chi connectivity index (χ3v) is 4.13.